The van der Waals surface area contributed by atoms with Crippen molar-refractivity contribution in [3.63, 3.8) is 0 Å². The molecule has 8 heteroatoms. The van der Waals surface area contributed by atoms with Gasteiger partial charge >= 0.3 is 11.4 Å². The number of nitrogens with zero attached hydrogens (tertiary/aromatic N) is 6. The van der Waals surface area contributed by atoms with Gasteiger partial charge in [0.15, 0.2) is 11.5 Å². The van der Waals surface area contributed by atoms with E-state index in [1.807, 2.05) is 0 Å². The van der Waals surface area contributed by atoms with E-state index in [-0.39, 0.29) is 11.5 Å². The first-order valence-corrected chi connectivity index (χ1v) is 4.99. The molecule has 3 heterocycles. The molecule has 3 rings (SSSR count). The molecule has 3 aromatic rings. The Bertz CT molecular complexity index is 823. The van der Waals surface area contributed by atoms with Crippen LogP contribution in [-0.4, -0.2) is 28.9 Å². The summed E-state index contributed by atoms with van der Waals surface area (Å²) in [6.07, 6.45) is 8.35. The summed E-state index contributed by atoms with van der Waals surface area (Å²) in [4.78, 5) is 39.2. The van der Waals surface area contributed by atoms with Gasteiger partial charge in [-0.2, -0.15) is 9.55 Å². The fourth-order valence-electron chi connectivity index (χ4n) is 1.54. The summed E-state index contributed by atoms with van der Waals surface area (Å²) >= 11 is 0. The zero-order valence-electron chi connectivity index (χ0n) is 8.96. The normalized spacial score (nSPS) is 10.7. The van der Waals surface area contributed by atoms with Crippen molar-refractivity contribution in [1.29, 1.82) is 0 Å². The molecule has 0 spiro atoms. The van der Waals surface area contributed by atoms with E-state index in [4.69, 9.17) is 0 Å². The van der Waals surface area contributed by atoms with Crippen LogP contribution in [0.3, 0.4) is 0 Å². The third kappa shape index (κ3) is 1.47. The summed E-state index contributed by atoms with van der Waals surface area (Å²) in [6.45, 7) is 0. The van der Waals surface area contributed by atoms with E-state index in [0.717, 1.165) is 4.57 Å². The Morgan fingerprint density at radius 1 is 1.00 bits per heavy atom. The van der Waals surface area contributed by atoms with E-state index in [2.05, 4.69) is 19.9 Å². The van der Waals surface area contributed by atoms with Gasteiger partial charge in [0.25, 0.3) is 0 Å². The van der Waals surface area contributed by atoms with Gasteiger partial charge in [0.05, 0.1) is 12.4 Å². The van der Waals surface area contributed by atoms with E-state index in [1.54, 1.807) is 0 Å². The van der Waals surface area contributed by atoms with E-state index in [1.165, 1.54) is 41.6 Å². The van der Waals surface area contributed by atoms with Crippen molar-refractivity contribution in [2.75, 3.05) is 0 Å². The Hall–Kier alpha value is -2.90. The number of aromatic nitrogens is 6. The van der Waals surface area contributed by atoms with Gasteiger partial charge in [-0.15, -0.1) is 0 Å². The SMILES string of the molecule is O=c1nc2cnccn2c(=O)n1-c1cnccn1. The summed E-state index contributed by atoms with van der Waals surface area (Å²) in [7, 11) is 0. The van der Waals surface area contributed by atoms with Crippen LogP contribution in [-0.2, 0) is 0 Å². The van der Waals surface area contributed by atoms with E-state index < -0.39 is 11.4 Å². The molecule has 0 unspecified atom stereocenters. The Kier molecular flexibility index (Phi) is 2.19. The molecule has 0 saturated heterocycles. The third-order valence-electron chi connectivity index (χ3n) is 2.32. The van der Waals surface area contributed by atoms with Crippen LogP contribution in [0.5, 0.6) is 0 Å². The standard InChI is InChI=1S/C10H6N6O2/c17-9-14-8-6-12-3-4-15(8)10(18)16(9)7-5-11-1-2-13-7/h1-6H. The minimum Gasteiger partial charge on any atom is -0.259 e. The minimum absolute atomic E-state index is 0.131. The third-order valence-corrected chi connectivity index (χ3v) is 2.32. The second-order valence-electron chi connectivity index (χ2n) is 3.38. The van der Waals surface area contributed by atoms with Crippen molar-refractivity contribution in [2.24, 2.45) is 0 Å². The number of fused-ring (bicyclic) bond motifs is 1. The second-order valence-corrected chi connectivity index (χ2v) is 3.38. The highest BCUT2D eigenvalue weighted by molar-refractivity contribution is 5.33. The van der Waals surface area contributed by atoms with Gasteiger partial charge in [0.2, 0.25) is 0 Å². The molecule has 0 aliphatic heterocycles. The zero-order chi connectivity index (χ0) is 12.5. The molecule has 0 radical (unpaired) electrons. The number of rotatable bonds is 1. The largest absolute Gasteiger partial charge is 0.359 e. The second kappa shape index (κ2) is 3.84. The molecular weight excluding hydrogens is 236 g/mol. The van der Waals surface area contributed by atoms with Crippen LogP contribution in [0.1, 0.15) is 0 Å². The molecule has 0 saturated carbocycles. The number of hydrogen-bond donors (Lipinski definition) is 0. The first-order valence-electron chi connectivity index (χ1n) is 4.99. The van der Waals surface area contributed by atoms with Crippen molar-refractivity contribution in [3.05, 3.63) is 58.1 Å². The molecule has 0 amide bonds. The van der Waals surface area contributed by atoms with Crippen LogP contribution < -0.4 is 11.4 Å². The monoisotopic (exact) mass is 242 g/mol. The Labute approximate surface area is 99.2 Å². The van der Waals surface area contributed by atoms with Gasteiger partial charge in [-0.3, -0.25) is 9.97 Å². The topological polar surface area (TPSA) is 95.0 Å². The van der Waals surface area contributed by atoms with E-state index in [0.29, 0.717) is 0 Å². The smallest absolute Gasteiger partial charge is 0.259 e. The highest BCUT2D eigenvalue weighted by atomic mass is 16.2. The zero-order valence-corrected chi connectivity index (χ0v) is 8.96. The Morgan fingerprint density at radius 2 is 1.83 bits per heavy atom. The van der Waals surface area contributed by atoms with Crippen LogP contribution in [0.25, 0.3) is 11.5 Å². The summed E-state index contributed by atoms with van der Waals surface area (Å²) in [5, 5.41) is 0. The average molecular weight is 242 g/mol. The molecule has 0 N–H and O–H groups in total. The lowest BCUT2D eigenvalue weighted by Crippen LogP contribution is -2.38. The molecule has 0 bridgehead atoms. The van der Waals surface area contributed by atoms with Crippen LogP contribution >= 0.6 is 0 Å². The highest BCUT2D eigenvalue weighted by Crippen LogP contribution is 1.94. The van der Waals surface area contributed by atoms with Gasteiger partial charge in [-0.05, 0) is 0 Å². The van der Waals surface area contributed by atoms with Gasteiger partial charge in [-0.25, -0.2) is 19.0 Å². The lowest BCUT2D eigenvalue weighted by molar-refractivity contribution is 0.768. The van der Waals surface area contributed by atoms with Crippen molar-refractivity contribution in [2.45, 2.75) is 0 Å². The minimum atomic E-state index is -0.714. The maximum Gasteiger partial charge on any atom is 0.359 e. The molecule has 0 aliphatic carbocycles. The molecule has 0 aliphatic rings. The molecule has 0 fully saturated rings. The molecular formula is C10H6N6O2. The molecule has 18 heavy (non-hydrogen) atoms. The lowest BCUT2D eigenvalue weighted by Gasteiger charge is -2.04. The molecule has 88 valence electrons. The maximum atomic E-state index is 12.1. The Morgan fingerprint density at radius 3 is 2.61 bits per heavy atom. The lowest BCUT2D eigenvalue weighted by atomic mass is 10.6. The van der Waals surface area contributed by atoms with Crippen molar-refractivity contribution in [3.8, 4) is 5.82 Å². The molecule has 0 atom stereocenters. The molecule has 3 aromatic heterocycles. The first-order chi connectivity index (χ1) is 8.77. The van der Waals surface area contributed by atoms with Crippen LogP contribution in [0, 0.1) is 0 Å². The van der Waals surface area contributed by atoms with Crippen molar-refractivity contribution >= 4 is 5.65 Å². The van der Waals surface area contributed by atoms with Gasteiger partial charge < -0.3 is 0 Å². The van der Waals surface area contributed by atoms with Gasteiger partial charge in [0, 0.05) is 24.8 Å². The predicted octanol–water partition coefficient (Wildman–Crippen LogP) is -0.970. The quantitative estimate of drug-likeness (QED) is 0.545. The molecule has 0 aromatic carbocycles. The maximum absolute atomic E-state index is 12.1. The van der Waals surface area contributed by atoms with Crippen LogP contribution in [0.2, 0.25) is 0 Å². The summed E-state index contributed by atoms with van der Waals surface area (Å²) < 4.78 is 2.06. The van der Waals surface area contributed by atoms with Crippen LogP contribution in [0.4, 0.5) is 0 Å². The summed E-state index contributed by atoms with van der Waals surface area (Å²) in [5.74, 6) is 0.131. The van der Waals surface area contributed by atoms with Gasteiger partial charge in [-0.1, -0.05) is 0 Å². The fraction of sp³-hybridized carbons (Fsp3) is 0. The molecule has 8 nitrogen and oxygen atoms in total. The highest BCUT2D eigenvalue weighted by Gasteiger charge is 2.10. The van der Waals surface area contributed by atoms with Gasteiger partial charge in [0.1, 0.15) is 0 Å². The van der Waals surface area contributed by atoms with E-state index in [9.17, 15) is 9.59 Å². The van der Waals surface area contributed by atoms with Crippen LogP contribution in [0.15, 0.2) is 46.8 Å². The average Bonchev–Trinajstić information content (AvgIpc) is 2.40. The first kappa shape index (κ1) is 10.3. The number of hydrogen-bond acceptors (Lipinski definition) is 6. The van der Waals surface area contributed by atoms with Crippen molar-refractivity contribution < 1.29 is 0 Å². The predicted molar refractivity (Wildman–Crippen MR) is 60.4 cm³/mol. The van der Waals surface area contributed by atoms with Crippen molar-refractivity contribution in [1.82, 2.24) is 28.9 Å². The fourth-order valence-corrected chi connectivity index (χ4v) is 1.54. The van der Waals surface area contributed by atoms with E-state index >= 15 is 0 Å². The summed E-state index contributed by atoms with van der Waals surface area (Å²) in [5.41, 5.74) is -1.09. The summed E-state index contributed by atoms with van der Waals surface area (Å²) in [6, 6.07) is 0. The Balaban J connectivity index is 2.45.